The van der Waals surface area contributed by atoms with E-state index in [0.717, 1.165) is 6.42 Å². The first-order valence-electron chi connectivity index (χ1n) is 9.51. The Morgan fingerprint density at radius 2 is 1.83 bits per heavy atom. The van der Waals surface area contributed by atoms with Gasteiger partial charge in [-0.2, -0.15) is 0 Å². The Hall–Kier alpha value is -1.84. The molecule has 2 aliphatic heterocycles. The van der Waals surface area contributed by atoms with Crippen LogP contribution < -0.4 is 4.74 Å². The molecule has 0 bridgehead atoms. The fraction of sp³-hybridized carbons (Fsp3) is 0.579. The van der Waals surface area contributed by atoms with E-state index < -0.39 is 22.0 Å². The number of rotatable bonds is 5. The Morgan fingerprint density at radius 3 is 2.41 bits per heavy atom. The number of likely N-dealkylation sites (tertiary alicyclic amines) is 1. The molecule has 0 N–H and O–H groups in total. The molecule has 0 aromatic heterocycles. The quantitative estimate of drug-likeness (QED) is 0.644. The number of hydrogen-bond acceptors (Lipinski definition) is 6. The van der Waals surface area contributed by atoms with E-state index in [1.165, 1.54) is 28.6 Å². The van der Waals surface area contributed by atoms with E-state index in [9.17, 15) is 18.0 Å². The van der Waals surface area contributed by atoms with Gasteiger partial charge in [0.15, 0.2) is 0 Å². The average molecular weight is 445 g/mol. The molecule has 2 fully saturated rings. The van der Waals surface area contributed by atoms with Crippen LogP contribution in [-0.4, -0.2) is 74.6 Å². The van der Waals surface area contributed by atoms with Crippen LogP contribution in [0.4, 0.5) is 0 Å². The van der Waals surface area contributed by atoms with E-state index in [4.69, 9.17) is 21.1 Å². The molecule has 2 heterocycles. The summed E-state index contributed by atoms with van der Waals surface area (Å²) in [5.41, 5.74) is 0.380. The van der Waals surface area contributed by atoms with Crippen molar-refractivity contribution in [2.45, 2.75) is 37.8 Å². The normalized spacial score (nSPS) is 21.2. The number of halogens is 1. The Morgan fingerprint density at radius 1 is 1.14 bits per heavy atom. The summed E-state index contributed by atoms with van der Waals surface area (Å²) in [6.45, 7) is 1.30. The van der Waals surface area contributed by atoms with Crippen molar-refractivity contribution in [3.8, 4) is 5.75 Å². The second-order valence-corrected chi connectivity index (χ2v) is 9.69. The summed E-state index contributed by atoms with van der Waals surface area (Å²) in [6.07, 6.45) is 3.52. The Kier molecular flexibility index (Phi) is 6.70. The number of esters is 1. The third-order valence-electron chi connectivity index (χ3n) is 5.33. The van der Waals surface area contributed by atoms with Crippen molar-refractivity contribution in [2.24, 2.45) is 0 Å². The minimum absolute atomic E-state index is 0.144. The topological polar surface area (TPSA) is 93.2 Å². The number of methoxy groups -OCH3 is 1. The number of benzene rings is 1. The van der Waals surface area contributed by atoms with Crippen LogP contribution in [0.1, 0.15) is 36.0 Å². The molecule has 3 rings (SSSR count). The maximum Gasteiger partial charge on any atom is 0.328 e. The van der Waals surface area contributed by atoms with E-state index in [2.05, 4.69) is 0 Å². The third kappa shape index (κ3) is 5.02. The predicted octanol–water partition coefficient (Wildman–Crippen LogP) is 1.92. The molecule has 0 spiro atoms. The molecule has 8 nitrogen and oxygen atoms in total. The van der Waals surface area contributed by atoms with Gasteiger partial charge in [0.05, 0.1) is 18.4 Å². The summed E-state index contributed by atoms with van der Waals surface area (Å²) in [7, 11) is -1.88. The summed E-state index contributed by atoms with van der Waals surface area (Å²) in [5, 5.41) is 0.301. The predicted molar refractivity (Wildman–Crippen MR) is 108 cm³/mol. The maximum atomic E-state index is 12.8. The first-order valence-corrected chi connectivity index (χ1v) is 11.7. The molecule has 2 aliphatic rings. The van der Waals surface area contributed by atoms with Crippen LogP contribution in [0.25, 0.3) is 0 Å². The molecule has 1 aromatic carbocycles. The lowest BCUT2D eigenvalue weighted by atomic mass is 10.1. The van der Waals surface area contributed by atoms with Gasteiger partial charge in [-0.15, -0.1) is 0 Å². The second-order valence-electron chi connectivity index (χ2n) is 7.30. The standard InChI is InChI=1S/C19H25ClN2O6S/c1-27-19(24)16-4-3-9-22(16)18(23)13-5-6-17(15(20)12-13)28-14-7-10-21(11-8-14)29(2,25)26/h5-6,12,14,16H,3-4,7-11H2,1-2H3/t16-/m0/s1. The molecule has 0 radical (unpaired) electrons. The molecule has 29 heavy (non-hydrogen) atoms. The molecule has 0 unspecified atom stereocenters. The summed E-state index contributed by atoms with van der Waals surface area (Å²) in [6, 6.07) is 4.24. The highest BCUT2D eigenvalue weighted by atomic mass is 35.5. The second kappa shape index (κ2) is 8.89. The zero-order valence-electron chi connectivity index (χ0n) is 16.5. The first kappa shape index (κ1) is 21.9. The molecule has 0 aliphatic carbocycles. The van der Waals surface area contributed by atoms with Crippen molar-refractivity contribution in [1.29, 1.82) is 0 Å². The van der Waals surface area contributed by atoms with E-state index in [0.29, 0.717) is 55.2 Å². The number of sulfonamides is 1. The SMILES string of the molecule is COC(=O)[C@@H]1CCCN1C(=O)c1ccc(OC2CCN(S(C)(=O)=O)CC2)c(Cl)c1. The Bertz CT molecular complexity index is 883. The highest BCUT2D eigenvalue weighted by Gasteiger charge is 2.35. The number of carbonyl (C=O) groups is 2. The molecule has 160 valence electrons. The van der Waals surface area contributed by atoms with Crippen LogP contribution in [-0.2, 0) is 19.6 Å². The highest BCUT2D eigenvalue weighted by Crippen LogP contribution is 2.30. The monoisotopic (exact) mass is 444 g/mol. The molecule has 1 amide bonds. The van der Waals surface area contributed by atoms with Gasteiger partial charge < -0.3 is 14.4 Å². The minimum Gasteiger partial charge on any atom is -0.489 e. The minimum atomic E-state index is -3.19. The van der Waals surface area contributed by atoms with Crippen molar-refractivity contribution >= 4 is 33.5 Å². The van der Waals surface area contributed by atoms with E-state index in [-0.39, 0.29) is 12.0 Å². The lowest BCUT2D eigenvalue weighted by Crippen LogP contribution is -2.41. The maximum absolute atomic E-state index is 12.8. The highest BCUT2D eigenvalue weighted by molar-refractivity contribution is 7.88. The van der Waals surface area contributed by atoms with Crippen LogP contribution in [0.3, 0.4) is 0 Å². The number of hydrogen-bond donors (Lipinski definition) is 0. The third-order valence-corrected chi connectivity index (χ3v) is 6.93. The van der Waals surface area contributed by atoms with Crippen LogP contribution in [0.15, 0.2) is 18.2 Å². The van der Waals surface area contributed by atoms with E-state index >= 15 is 0 Å². The lowest BCUT2D eigenvalue weighted by molar-refractivity contribution is -0.145. The summed E-state index contributed by atoms with van der Waals surface area (Å²) in [4.78, 5) is 26.2. The zero-order chi connectivity index (χ0) is 21.2. The van der Waals surface area contributed by atoms with Gasteiger partial charge in [0.25, 0.3) is 5.91 Å². The number of carbonyl (C=O) groups excluding carboxylic acids is 2. The fourth-order valence-electron chi connectivity index (χ4n) is 3.75. The van der Waals surface area contributed by atoms with Gasteiger partial charge in [-0.3, -0.25) is 4.79 Å². The zero-order valence-corrected chi connectivity index (χ0v) is 18.0. The van der Waals surface area contributed by atoms with Crippen molar-refractivity contribution < 1.29 is 27.5 Å². The van der Waals surface area contributed by atoms with E-state index in [1.54, 1.807) is 12.1 Å². The van der Waals surface area contributed by atoms with Crippen LogP contribution in [0, 0.1) is 0 Å². The summed E-state index contributed by atoms with van der Waals surface area (Å²) in [5.74, 6) is -0.234. The van der Waals surface area contributed by atoms with Gasteiger partial charge in [-0.25, -0.2) is 17.5 Å². The van der Waals surface area contributed by atoms with Gasteiger partial charge in [-0.1, -0.05) is 11.6 Å². The Balaban J connectivity index is 1.65. The van der Waals surface area contributed by atoms with E-state index in [1.807, 2.05) is 0 Å². The number of amides is 1. The largest absolute Gasteiger partial charge is 0.489 e. The van der Waals surface area contributed by atoms with Gasteiger partial charge in [0.2, 0.25) is 10.0 Å². The van der Waals surface area contributed by atoms with Gasteiger partial charge in [0.1, 0.15) is 17.9 Å². The summed E-state index contributed by atoms with van der Waals surface area (Å²) < 4.78 is 35.4. The smallest absolute Gasteiger partial charge is 0.328 e. The van der Waals surface area contributed by atoms with Crippen molar-refractivity contribution in [1.82, 2.24) is 9.21 Å². The van der Waals surface area contributed by atoms with Crippen LogP contribution in [0.5, 0.6) is 5.75 Å². The van der Waals surface area contributed by atoms with Gasteiger partial charge >= 0.3 is 5.97 Å². The first-order chi connectivity index (χ1) is 13.7. The van der Waals surface area contributed by atoms with Crippen molar-refractivity contribution in [3.05, 3.63) is 28.8 Å². The number of piperidine rings is 1. The van der Waals surface area contributed by atoms with Gasteiger partial charge in [-0.05, 0) is 43.9 Å². The van der Waals surface area contributed by atoms with Crippen molar-refractivity contribution in [2.75, 3.05) is 33.0 Å². The van der Waals surface area contributed by atoms with Crippen LogP contribution in [0.2, 0.25) is 5.02 Å². The molecule has 2 saturated heterocycles. The van der Waals surface area contributed by atoms with Crippen molar-refractivity contribution in [3.63, 3.8) is 0 Å². The Labute approximate surface area is 175 Å². The lowest BCUT2D eigenvalue weighted by Gasteiger charge is -2.30. The average Bonchev–Trinajstić information content (AvgIpc) is 3.18. The number of nitrogens with zero attached hydrogens (tertiary/aromatic N) is 2. The number of ether oxygens (including phenoxy) is 2. The summed E-state index contributed by atoms with van der Waals surface area (Å²) >= 11 is 6.33. The molecule has 10 heteroatoms. The molecule has 1 atom stereocenters. The fourth-order valence-corrected chi connectivity index (χ4v) is 4.85. The van der Waals surface area contributed by atoms with Crippen LogP contribution >= 0.6 is 11.6 Å². The molecule has 0 saturated carbocycles. The molecular formula is C19H25ClN2O6S. The van der Waals surface area contributed by atoms with Gasteiger partial charge in [0, 0.05) is 25.2 Å². The molecular weight excluding hydrogens is 420 g/mol. The molecule has 1 aromatic rings.